The van der Waals surface area contributed by atoms with Gasteiger partial charge in [0.05, 0.1) is 11.6 Å². The minimum absolute atomic E-state index is 0.242. The normalized spacial score (nSPS) is 17.6. The SMILES string of the molecule is C#Cc1cccc(Nc2ncnc3cccc(CN4CCCC(O)C4)c23)c1. The highest BCUT2D eigenvalue weighted by molar-refractivity contribution is 5.93. The number of aliphatic hydroxyl groups is 1. The lowest BCUT2D eigenvalue weighted by atomic mass is 10.0. The second-order valence-corrected chi connectivity index (χ2v) is 6.91. The summed E-state index contributed by atoms with van der Waals surface area (Å²) in [6.07, 6.45) is 8.75. The van der Waals surface area contributed by atoms with Gasteiger partial charge in [0.25, 0.3) is 0 Å². The number of hydrogen-bond acceptors (Lipinski definition) is 5. The number of β-amino-alcohol motifs (C(OH)–C–C–N with tert-alkyl or cyclic N) is 1. The zero-order valence-corrected chi connectivity index (χ0v) is 15.1. The fourth-order valence-electron chi connectivity index (χ4n) is 3.65. The molecule has 0 saturated carbocycles. The molecule has 1 aliphatic rings. The van der Waals surface area contributed by atoms with Crippen molar-refractivity contribution < 1.29 is 5.11 Å². The molecule has 2 aromatic carbocycles. The number of likely N-dealkylation sites (tertiary alicyclic amines) is 1. The molecule has 3 aromatic rings. The highest BCUT2D eigenvalue weighted by Gasteiger charge is 2.19. The van der Waals surface area contributed by atoms with Gasteiger partial charge in [-0.1, -0.05) is 24.1 Å². The molecule has 2 N–H and O–H groups in total. The molecule has 0 spiro atoms. The molecular formula is C22H22N4O. The maximum Gasteiger partial charge on any atom is 0.142 e. The van der Waals surface area contributed by atoms with E-state index in [0.717, 1.165) is 59.5 Å². The second kappa shape index (κ2) is 7.75. The van der Waals surface area contributed by atoms with E-state index in [2.05, 4.69) is 32.2 Å². The molecule has 0 bridgehead atoms. The molecule has 0 radical (unpaired) electrons. The molecule has 1 saturated heterocycles. The van der Waals surface area contributed by atoms with Gasteiger partial charge < -0.3 is 10.4 Å². The maximum absolute atomic E-state index is 9.97. The number of rotatable bonds is 4. The average Bonchev–Trinajstić information content (AvgIpc) is 2.68. The van der Waals surface area contributed by atoms with E-state index in [4.69, 9.17) is 6.42 Å². The van der Waals surface area contributed by atoms with Gasteiger partial charge in [-0.3, -0.25) is 4.90 Å². The Morgan fingerprint density at radius 2 is 2.11 bits per heavy atom. The van der Waals surface area contributed by atoms with Crippen LogP contribution < -0.4 is 5.32 Å². The number of benzene rings is 2. The Kier molecular flexibility index (Phi) is 5.01. The molecular weight excluding hydrogens is 336 g/mol. The van der Waals surface area contributed by atoms with Crippen molar-refractivity contribution in [1.82, 2.24) is 14.9 Å². The lowest BCUT2D eigenvalue weighted by Crippen LogP contribution is -2.37. The van der Waals surface area contributed by atoms with Gasteiger partial charge >= 0.3 is 0 Å². The summed E-state index contributed by atoms with van der Waals surface area (Å²) in [5, 5.41) is 14.4. The lowest BCUT2D eigenvalue weighted by Gasteiger charge is -2.30. The van der Waals surface area contributed by atoms with Crippen LogP contribution in [0.25, 0.3) is 10.9 Å². The first-order chi connectivity index (χ1) is 13.2. The van der Waals surface area contributed by atoms with E-state index in [-0.39, 0.29) is 6.10 Å². The van der Waals surface area contributed by atoms with Crippen LogP contribution in [0.2, 0.25) is 0 Å². The molecule has 1 aromatic heterocycles. The van der Waals surface area contributed by atoms with E-state index in [0.29, 0.717) is 6.54 Å². The number of fused-ring (bicyclic) bond motifs is 1. The van der Waals surface area contributed by atoms with Gasteiger partial charge in [0, 0.05) is 29.7 Å². The zero-order valence-electron chi connectivity index (χ0n) is 15.1. The van der Waals surface area contributed by atoms with Crippen LogP contribution in [0.1, 0.15) is 24.0 Å². The molecule has 1 fully saturated rings. The summed E-state index contributed by atoms with van der Waals surface area (Å²) in [5.41, 5.74) is 3.77. The first kappa shape index (κ1) is 17.5. The molecule has 136 valence electrons. The standard InChI is InChI=1S/C22H22N4O/c1-2-16-6-3-8-18(12-16)25-22-21-17(7-4-10-20(21)23-15-24-22)13-26-11-5-9-19(27)14-26/h1,3-4,6-8,10,12,15,19,27H,5,9,11,13-14H2,(H,23,24,25). The van der Waals surface area contributed by atoms with Crippen LogP contribution in [0.3, 0.4) is 0 Å². The third kappa shape index (κ3) is 3.92. The Labute approximate surface area is 159 Å². The number of nitrogens with one attached hydrogen (secondary N) is 1. The van der Waals surface area contributed by atoms with Crippen LogP contribution in [0.4, 0.5) is 11.5 Å². The summed E-state index contributed by atoms with van der Waals surface area (Å²) in [5.74, 6) is 3.42. The molecule has 1 unspecified atom stereocenters. The van der Waals surface area contributed by atoms with Crippen LogP contribution >= 0.6 is 0 Å². The molecule has 0 amide bonds. The van der Waals surface area contributed by atoms with E-state index >= 15 is 0 Å². The molecule has 1 aliphatic heterocycles. The van der Waals surface area contributed by atoms with Crippen molar-refractivity contribution in [3.8, 4) is 12.3 Å². The fourth-order valence-corrected chi connectivity index (χ4v) is 3.65. The Morgan fingerprint density at radius 3 is 2.96 bits per heavy atom. The monoisotopic (exact) mass is 358 g/mol. The second-order valence-electron chi connectivity index (χ2n) is 6.91. The van der Waals surface area contributed by atoms with Crippen LogP contribution in [-0.4, -0.2) is 39.2 Å². The smallest absolute Gasteiger partial charge is 0.142 e. The van der Waals surface area contributed by atoms with Gasteiger partial charge in [-0.2, -0.15) is 0 Å². The molecule has 2 heterocycles. The van der Waals surface area contributed by atoms with Crippen LogP contribution in [0.15, 0.2) is 48.8 Å². The molecule has 27 heavy (non-hydrogen) atoms. The van der Waals surface area contributed by atoms with Gasteiger partial charge in [0.1, 0.15) is 12.1 Å². The fraction of sp³-hybridized carbons (Fsp3) is 0.273. The van der Waals surface area contributed by atoms with Crippen molar-refractivity contribution in [2.75, 3.05) is 18.4 Å². The van der Waals surface area contributed by atoms with E-state index < -0.39 is 0 Å². The minimum atomic E-state index is -0.242. The number of nitrogens with zero attached hydrogens (tertiary/aromatic N) is 3. The van der Waals surface area contributed by atoms with Crippen molar-refractivity contribution in [1.29, 1.82) is 0 Å². The number of piperidine rings is 1. The van der Waals surface area contributed by atoms with E-state index in [1.165, 1.54) is 0 Å². The largest absolute Gasteiger partial charge is 0.392 e. The van der Waals surface area contributed by atoms with Crippen molar-refractivity contribution in [2.24, 2.45) is 0 Å². The number of anilines is 2. The zero-order chi connectivity index (χ0) is 18.6. The number of aliphatic hydroxyl groups excluding tert-OH is 1. The molecule has 0 aliphatic carbocycles. The highest BCUT2D eigenvalue weighted by atomic mass is 16.3. The van der Waals surface area contributed by atoms with Gasteiger partial charge in [0.2, 0.25) is 0 Å². The van der Waals surface area contributed by atoms with Crippen molar-refractivity contribution in [3.05, 3.63) is 59.9 Å². The molecule has 5 nitrogen and oxygen atoms in total. The first-order valence-electron chi connectivity index (χ1n) is 9.19. The topological polar surface area (TPSA) is 61.3 Å². The quantitative estimate of drug-likeness (QED) is 0.701. The molecule has 5 heteroatoms. The van der Waals surface area contributed by atoms with Crippen molar-refractivity contribution >= 4 is 22.4 Å². The van der Waals surface area contributed by atoms with E-state index in [1.54, 1.807) is 6.33 Å². The third-order valence-electron chi connectivity index (χ3n) is 4.92. The van der Waals surface area contributed by atoms with Crippen LogP contribution in [0, 0.1) is 12.3 Å². The van der Waals surface area contributed by atoms with Gasteiger partial charge in [0.15, 0.2) is 0 Å². The summed E-state index contributed by atoms with van der Waals surface area (Å²) in [6.45, 7) is 2.46. The summed E-state index contributed by atoms with van der Waals surface area (Å²) in [4.78, 5) is 11.2. The van der Waals surface area contributed by atoms with Gasteiger partial charge in [-0.15, -0.1) is 6.42 Å². The van der Waals surface area contributed by atoms with Gasteiger partial charge in [-0.05, 0) is 49.2 Å². The number of hydrogen-bond donors (Lipinski definition) is 2. The first-order valence-corrected chi connectivity index (χ1v) is 9.19. The summed E-state index contributed by atoms with van der Waals surface area (Å²) < 4.78 is 0. The van der Waals surface area contributed by atoms with E-state index in [9.17, 15) is 5.11 Å². The Balaban J connectivity index is 1.69. The highest BCUT2D eigenvalue weighted by Crippen LogP contribution is 2.28. The van der Waals surface area contributed by atoms with Crippen LogP contribution in [-0.2, 0) is 6.54 Å². The third-order valence-corrected chi connectivity index (χ3v) is 4.92. The van der Waals surface area contributed by atoms with Crippen molar-refractivity contribution in [3.63, 3.8) is 0 Å². The molecule has 4 rings (SSSR count). The maximum atomic E-state index is 9.97. The number of aromatic nitrogens is 2. The average molecular weight is 358 g/mol. The Morgan fingerprint density at radius 1 is 1.22 bits per heavy atom. The van der Waals surface area contributed by atoms with Crippen LogP contribution in [0.5, 0.6) is 0 Å². The summed E-state index contributed by atoms with van der Waals surface area (Å²) >= 11 is 0. The Hall–Kier alpha value is -2.94. The minimum Gasteiger partial charge on any atom is -0.392 e. The summed E-state index contributed by atoms with van der Waals surface area (Å²) in [6, 6.07) is 13.8. The number of terminal acetylenes is 1. The van der Waals surface area contributed by atoms with Crippen molar-refractivity contribution in [2.45, 2.75) is 25.5 Å². The predicted molar refractivity (Wildman–Crippen MR) is 108 cm³/mol. The lowest BCUT2D eigenvalue weighted by molar-refractivity contribution is 0.0670. The Bertz CT molecular complexity index is 990. The molecule has 1 atom stereocenters. The summed E-state index contributed by atoms with van der Waals surface area (Å²) in [7, 11) is 0. The van der Waals surface area contributed by atoms with Gasteiger partial charge in [-0.25, -0.2) is 9.97 Å². The van der Waals surface area contributed by atoms with E-state index in [1.807, 2.05) is 36.4 Å². The predicted octanol–water partition coefficient (Wildman–Crippen LogP) is 3.31.